The van der Waals surface area contributed by atoms with Crippen molar-refractivity contribution >= 4 is 27.4 Å². The number of hydrogen-bond acceptors (Lipinski definition) is 5. The molecule has 0 heterocycles. The van der Waals surface area contributed by atoms with Crippen LogP contribution in [0.25, 0.3) is 0 Å². The first-order valence-electron chi connectivity index (χ1n) is 14.7. The number of rotatable bonds is 6. The third-order valence-electron chi connectivity index (χ3n) is 11.2. The number of hydrazone groups is 1. The van der Waals surface area contributed by atoms with Crippen LogP contribution in [0.3, 0.4) is 0 Å². The van der Waals surface area contributed by atoms with Crippen LogP contribution in [0.15, 0.2) is 62.8 Å². The van der Waals surface area contributed by atoms with Gasteiger partial charge in [0.15, 0.2) is 0 Å². The Balaban J connectivity index is 1.39. The summed E-state index contributed by atoms with van der Waals surface area (Å²) in [5.74, 6) is 1.84. The van der Waals surface area contributed by atoms with E-state index >= 15 is 0 Å². The molecule has 4 aliphatic carbocycles. The maximum atomic E-state index is 12.0. The van der Waals surface area contributed by atoms with E-state index in [9.17, 15) is 5.11 Å². The zero-order chi connectivity index (χ0) is 28.2. The van der Waals surface area contributed by atoms with E-state index in [2.05, 4.69) is 80.0 Å². The highest BCUT2D eigenvalue weighted by molar-refractivity contribution is 9.10. The van der Waals surface area contributed by atoms with Crippen LogP contribution in [-0.2, 0) is 11.4 Å². The lowest BCUT2D eigenvalue weighted by Gasteiger charge is -2.60. The molecular formula is C33H46BrN3O2. The van der Waals surface area contributed by atoms with Crippen LogP contribution in [0.4, 0.5) is 0 Å². The summed E-state index contributed by atoms with van der Waals surface area (Å²) < 4.78 is 1.04. The summed E-state index contributed by atoms with van der Waals surface area (Å²) in [4.78, 5) is 5.73. The van der Waals surface area contributed by atoms with Gasteiger partial charge in [0.25, 0.3) is 0 Å². The topological polar surface area (TPSA) is 57.4 Å². The molecule has 0 spiro atoms. The third kappa shape index (κ3) is 4.64. The number of allylic oxidation sites excluding steroid dienone is 4. The van der Waals surface area contributed by atoms with Crippen LogP contribution in [0.1, 0.15) is 72.3 Å². The second kappa shape index (κ2) is 10.5. The van der Waals surface area contributed by atoms with Crippen molar-refractivity contribution in [3.8, 4) is 0 Å². The van der Waals surface area contributed by atoms with Gasteiger partial charge in [-0.3, -0.25) is 0 Å². The minimum Gasteiger partial charge on any atom is -0.393 e. The number of aliphatic hydroxyl groups is 1. The molecule has 4 aliphatic rings. The fraction of sp³-hybridized carbons (Fsp3) is 0.636. The molecule has 0 unspecified atom stereocenters. The molecule has 1 N–H and O–H groups in total. The molecule has 5 rings (SSSR count). The van der Waals surface area contributed by atoms with Gasteiger partial charge in [-0.25, -0.2) is 0 Å². The maximum absolute atomic E-state index is 12.0. The van der Waals surface area contributed by atoms with Crippen molar-refractivity contribution in [3.63, 3.8) is 0 Å². The number of aliphatic hydroxyl groups excluding tert-OH is 1. The zero-order valence-corrected chi connectivity index (χ0v) is 26.3. The monoisotopic (exact) mass is 595 g/mol. The van der Waals surface area contributed by atoms with Crippen molar-refractivity contribution in [3.05, 3.63) is 58.1 Å². The van der Waals surface area contributed by atoms with Gasteiger partial charge < -0.3 is 15.0 Å². The Bertz CT molecular complexity index is 1220. The number of nitrogens with zero attached hydrogens (tertiary/aromatic N) is 3. The summed E-state index contributed by atoms with van der Waals surface area (Å²) in [6.07, 6.45) is 11.5. The Hall–Kier alpha value is -1.92. The number of fused-ring (bicyclic) bond motifs is 5. The van der Waals surface area contributed by atoms with Crippen molar-refractivity contribution in [2.75, 3.05) is 14.1 Å². The van der Waals surface area contributed by atoms with Gasteiger partial charge in [-0.05, 0) is 85.1 Å². The zero-order valence-electron chi connectivity index (χ0n) is 24.7. The molecule has 0 amide bonds. The molecule has 212 valence electrons. The summed E-state index contributed by atoms with van der Waals surface area (Å²) in [5.41, 5.74) is 4.48. The standard InChI is InChI=1S/C33H46BrN3O2/c1-8-29(35-37(6)7)33(5)21(2)16-27-26-13-12-23-18-25(36-39-20-22-10-9-11-24(34)17-22)14-15-31(23,3)30(26)28(38)19-32(27,33)4/h9-11,14-15,17-18,21,26-28,30,38H,8,12-13,16,19-20H2,1-7H3/b35-29-,36-25+/t21-,26+,27+,28+,30-,31+,32+,33-/m1/s1. The van der Waals surface area contributed by atoms with Crippen LogP contribution >= 0.6 is 15.9 Å². The predicted molar refractivity (Wildman–Crippen MR) is 163 cm³/mol. The molecule has 1 aromatic rings. The predicted octanol–water partition coefficient (Wildman–Crippen LogP) is 7.61. The number of benzene rings is 1. The lowest BCUT2D eigenvalue weighted by Crippen LogP contribution is -2.58. The molecule has 0 bridgehead atoms. The van der Waals surface area contributed by atoms with Crippen molar-refractivity contribution in [1.29, 1.82) is 0 Å². The summed E-state index contributed by atoms with van der Waals surface area (Å²) >= 11 is 3.52. The van der Waals surface area contributed by atoms with Gasteiger partial charge in [0.05, 0.1) is 6.10 Å². The van der Waals surface area contributed by atoms with Crippen molar-refractivity contribution < 1.29 is 9.94 Å². The van der Waals surface area contributed by atoms with Crippen LogP contribution in [0.5, 0.6) is 0 Å². The lowest BCUT2D eigenvalue weighted by atomic mass is 9.44. The smallest absolute Gasteiger partial charge is 0.142 e. The van der Waals surface area contributed by atoms with E-state index in [1.807, 2.05) is 37.3 Å². The quantitative estimate of drug-likeness (QED) is 0.272. The number of halogens is 1. The van der Waals surface area contributed by atoms with Gasteiger partial charge in [0, 0.05) is 41.0 Å². The molecule has 1 aromatic carbocycles. The molecule has 0 radical (unpaired) electrons. The molecule has 6 heteroatoms. The number of oxime groups is 1. The Morgan fingerprint density at radius 2 is 2.00 bits per heavy atom. The van der Waals surface area contributed by atoms with E-state index < -0.39 is 0 Å². The van der Waals surface area contributed by atoms with Crippen LogP contribution in [0.2, 0.25) is 0 Å². The summed E-state index contributed by atoms with van der Waals surface area (Å²) in [7, 11) is 4.05. The lowest BCUT2D eigenvalue weighted by molar-refractivity contribution is -0.122. The van der Waals surface area contributed by atoms with E-state index in [1.54, 1.807) is 0 Å². The van der Waals surface area contributed by atoms with Gasteiger partial charge in [-0.2, -0.15) is 5.10 Å². The highest BCUT2D eigenvalue weighted by Gasteiger charge is 2.67. The van der Waals surface area contributed by atoms with Gasteiger partial charge in [-0.1, -0.05) is 79.5 Å². The van der Waals surface area contributed by atoms with E-state index in [4.69, 9.17) is 9.94 Å². The molecule has 8 atom stereocenters. The first-order chi connectivity index (χ1) is 18.4. The van der Waals surface area contributed by atoms with E-state index in [1.165, 1.54) is 17.7 Å². The van der Waals surface area contributed by atoms with Gasteiger partial charge >= 0.3 is 0 Å². The first kappa shape index (κ1) is 28.6. The molecule has 3 saturated carbocycles. The van der Waals surface area contributed by atoms with E-state index in [0.29, 0.717) is 24.4 Å². The minimum atomic E-state index is -0.344. The van der Waals surface area contributed by atoms with E-state index in [0.717, 1.165) is 41.4 Å². The highest BCUT2D eigenvalue weighted by atomic mass is 79.9. The molecule has 0 saturated heterocycles. The van der Waals surface area contributed by atoms with Crippen molar-refractivity contribution in [2.24, 2.45) is 50.2 Å². The SMILES string of the molecule is CC/C(=N/N(C)C)[C@@]1(C)[C@H](C)C[C@H]2[C@@H]3CCC4=C/C(=N/OCc5cccc(Br)c5)C=C[C@]4(C)[C@H]3[C@@H](O)C[C@@]21C. The normalized spacial score (nSPS) is 40.5. The second-order valence-corrected chi connectivity index (χ2v) is 14.2. The average Bonchev–Trinajstić information content (AvgIpc) is 3.08. The average molecular weight is 597 g/mol. The summed E-state index contributed by atoms with van der Waals surface area (Å²) in [6, 6.07) is 8.11. The van der Waals surface area contributed by atoms with Crippen LogP contribution in [0, 0.1) is 39.9 Å². The number of hydrogen-bond donors (Lipinski definition) is 1. The molecule has 5 nitrogen and oxygen atoms in total. The summed E-state index contributed by atoms with van der Waals surface area (Å²) in [5, 5.41) is 23.4. The van der Waals surface area contributed by atoms with Gasteiger partial charge in [0.2, 0.25) is 0 Å². The van der Waals surface area contributed by atoms with Crippen molar-refractivity contribution in [1.82, 2.24) is 5.01 Å². The Kier molecular flexibility index (Phi) is 7.69. The van der Waals surface area contributed by atoms with E-state index in [-0.39, 0.29) is 28.3 Å². The van der Waals surface area contributed by atoms with Crippen LogP contribution < -0.4 is 0 Å². The Labute approximate surface area is 243 Å². The largest absolute Gasteiger partial charge is 0.393 e. The van der Waals surface area contributed by atoms with Gasteiger partial charge in [0.1, 0.15) is 12.3 Å². The molecule has 39 heavy (non-hydrogen) atoms. The minimum absolute atomic E-state index is 0.0203. The van der Waals surface area contributed by atoms with Crippen molar-refractivity contribution in [2.45, 2.75) is 79.4 Å². The molecule has 0 aromatic heterocycles. The van der Waals surface area contributed by atoms with Gasteiger partial charge in [-0.15, -0.1) is 0 Å². The molecular weight excluding hydrogens is 550 g/mol. The summed E-state index contributed by atoms with van der Waals surface area (Å²) in [6.45, 7) is 12.4. The fourth-order valence-electron chi connectivity index (χ4n) is 9.16. The molecule has 0 aliphatic heterocycles. The second-order valence-electron chi connectivity index (χ2n) is 13.3. The first-order valence-corrected chi connectivity index (χ1v) is 15.5. The maximum Gasteiger partial charge on any atom is 0.142 e. The molecule has 3 fully saturated rings. The van der Waals surface area contributed by atoms with Crippen LogP contribution in [-0.4, -0.2) is 41.7 Å². The third-order valence-corrected chi connectivity index (χ3v) is 11.7. The Morgan fingerprint density at radius 1 is 1.23 bits per heavy atom. The fourth-order valence-corrected chi connectivity index (χ4v) is 9.60. The highest BCUT2D eigenvalue weighted by Crippen LogP contribution is 2.71. The Morgan fingerprint density at radius 3 is 2.69 bits per heavy atom.